The van der Waals surface area contributed by atoms with Crippen LogP contribution in [-0.2, 0) is 12.4 Å². The van der Waals surface area contributed by atoms with Crippen molar-refractivity contribution in [2.75, 3.05) is 5.32 Å². The van der Waals surface area contributed by atoms with Crippen molar-refractivity contribution in [3.05, 3.63) is 41.2 Å². The number of carbonyl (C=O) groups excluding carboxylic acids is 1. The second-order valence-electron chi connectivity index (χ2n) is 5.95. The molecule has 10 heteroatoms. The summed E-state index contributed by atoms with van der Waals surface area (Å²) >= 11 is 5.56. The van der Waals surface area contributed by atoms with E-state index in [0.717, 1.165) is 29.7 Å². The van der Waals surface area contributed by atoms with Crippen LogP contribution in [0.15, 0.2) is 24.4 Å². The van der Waals surface area contributed by atoms with Gasteiger partial charge in [0, 0.05) is 32.2 Å². The number of carbonyl (C=O) groups is 1. The Bertz CT molecular complexity index is 901. The number of aromatic nitrogens is 2. The molecule has 1 heterocycles. The first-order valence-corrected chi connectivity index (χ1v) is 8.37. The summed E-state index contributed by atoms with van der Waals surface area (Å²) < 4.78 is 70.9. The Morgan fingerprint density at radius 1 is 1.41 bits per heavy atom. The summed E-state index contributed by atoms with van der Waals surface area (Å²) in [7, 11) is 0. The van der Waals surface area contributed by atoms with Crippen LogP contribution in [-0.4, -0.2) is 28.7 Å². The fourth-order valence-corrected chi connectivity index (χ4v) is 2.73. The minimum absolute atomic E-state index is 0.0123. The molecule has 146 valence electrons. The molecule has 0 bridgehead atoms. The molecule has 0 aliphatic heterocycles. The third-order valence-corrected chi connectivity index (χ3v) is 4.08. The molecule has 0 atom stereocenters. The van der Waals surface area contributed by atoms with Crippen molar-refractivity contribution in [1.82, 2.24) is 9.78 Å². The summed E-state index contributed by atoms with van der Waals surface area (Å²) in [6.45, 7) is -3.88. The van der Waals surface area contributed by atoms with Gasteiger partial charge in [-0.1, -0.05) is 6.07 Å². The van der Waals surface area contributed by atoms with Gasteiger partial charge < -0.3 is 10.1 Å². The molecule has 1 saturated carbocycles. The lowest BCUT2D eigenvalue weighted by Crippen LogP contribution is -2.13. The average Bonchev–Trinajstić information content (AvgIpc) is 3.33. The van der Waals surface area contributed by atoms with Crippen molar-refractivity contribution in [2.24, 2.45) is 0 Å². The number of halogens is 5. The first kappa shape index (κ1) is 16.9. The van der Waals surface area contributed by atoms with Gasteiger partial charge in [0.1, 0.15) is 12.3 Å². The maximum absolute atomic E-state index is 12.7. The molecule has 1 N–H and O–H groups in total. The Morgan fingerprint density at radius 2 is 2.15 bits per heavy atom. The van der Waals surface area contributed by atoms with E-state index >= 15 is 0 Å². The van der Waals surface area contributed by atoms with Crippen LogP contribution >= 0.6 is 11.6 Å². The van der Waals surface area contributed by atoms with Crippen LogP contribution in [0.3, 0.4) is 0 Å². The predicted octanol–water partition coefficient (Wildman–Crippen LogP) is 4.62. The molecule has 0 spiro atoms. The van der Waals surface area contributed by atoms with Crippen LogP contribution in [0.4, 0.5) is 23.2 Å². The van der Waals surface area contributed by atoms with Crippen molar-refractivity contribution in [3.63, 3.8) is 0 Å². The maximum Gasteiger partial charge on any atom is 0.387 e. The Hall–Kier alpha value is -2.29. The summed E-state index contributed by atoms with van der Waals surface area (Å²) in [6.07, 6.45) is 0.165. The number of benzene rings is 1. The number of ether oxygens (including phenoxy) is 1. The summed E-state index contributed by atoms with van der Waals surface area (Å²) in [5, 5.41) is 6.53. The highest BCUT2D eigenvalue weighted by Crippen LogP contribution is 2.41. The molecular formula is C17H16ClF4N3O2. The summed E-state index contributed by atoms with van der Waals surface area (Å²) in [6, 6.07) is 3.40. The van der Waals surface area contributed by atoms with Gasteiger partial charge >= 0.3 is 6.61 Å². The standard InChI is InChI=1S/C17H16ClF4N3O2/c18-6-10-3-4-11(5-13(10)27-17(21)22)23-16(26)12-7-25(8-14(19)20)24-15(12)9-1-2-9/h3-5,7,9,14,17H,1-2,6,8H2,(H,23,26)/i6D2. The lowest BCUT2D eigenvalue weighted by molar-refractivity contribution is -0.0502. The molecule has 0 unspecified atom stereocenters. The molecule has 1 aliphatic rings. The van der Waals surface area contributed by atoms with Crippen molar-refractivity contribution in [1.29, 1.82) is 0 Å². The van der Waals surface area contributed by atoms with Gasteiger partial charge in [0.2, 0.25) is 0 Å². The van der Waals surface area contributed by atoms with E-state index in [2.05, 4.69) is 15.2 Å². The Balaban J connectivity index is 1.86. The van der Waals surface area contributed by atoms with Crippen LogP contribution < -0.4 is 10.1 Å². The Labute approximate surface area is 160 Å². The van der Waals surface area contributed by atoms with Crippen LogP contribution in [0.5, 0.6) is 5.75 Å². The molecule has 0 saturated heterocycles. The topological polar surface area (TPSA) is 56.2 Å². The zero-order valence-corrected chi connectivity index (χ0v) is 14.5. The van der Waals surface area contributed by atoms with Crippen LogP contribution in [0.25, 0.3) is 0 Å². The first-order chi connectivity index (χ1) is 13.5. The molecular weight excluding hydrogens is 390 g/mol. The second-order valence-corrected chi connectivity index (χ2v) is 6.14. The number of rotatable bonds is 8. The van der Waals surface area contributed by atoms with E-state index in [-0.39, 0.29) is 22.7 Å². The third kappa shape index (κ3) is 4.91. The quantitative estimate of drug-likeness (QED) is 0.513. The van der Waals surface area contributed by atoms with Crippen LogP contribution in [0.2, 0.25) is 0 Å². The minimum Gasteiger partial charge on any atom is -0.434 e. The second kappa shape index (κ2) is 8.16. The van der Waals surface area contributed by atoms with Crippen molar-refractivity contribution >= 4 is 23.2 Å². The largest absolute Gasteiger partial charge is 0.434 e. The molecule has 1 aromatic carbocycles. The monoisotopic (exact) mass is 407 g/mol. The normalized spacial score (nSPS) is 15.7. The number of alkyl halides is 5. The zero-order valence-electron chi connectivity index (χ0n) is 15.8. The van der Waals surface area contributed by atoms with Crippen LogP contribution in [0, 0.1) is 0 Å². The van der Waals surface area contributed by atoms with Gasteiger partial charge in [0.25, 0.3) is 12.3 Å². The molecule has 0 radical (unpaired) electrons. The molecule has 27 heavy (non-hydrogen) atoms. The number of amides is 1. The Morgan fingerprint density at radius 3 is 2.74 bits per heavy atom. The number of nitrogens with zero attached hydrogens (tertiary/aromatic N) is 2. The number of nitrogens with one attached hydrogen (secondary N) is 1. The zero-order chi connectivity index (χ0) is 21.3. The smallest absolute Gasteiger partial charge is 0.387 e. The van der Waals surface area contributed by atoms with E-state index in [1.54, 1.807) is 0 Å². The van der Waals surface area contributed by atoms with Gasteiger partial charge in [-0.25, -0.2) is 8.78 Å². The van der Waals surface area contributed by atoms with Gasteiger partial charge in [0.15, 0.2) is 0 Å². The van der Waals surface area contributed by atoms with Gasteiger partial charge in [-0.3, -0.25) is 9.48 Å². The average molecular weight is 408 g/mol. The third-order valence-electron chi connectivity index (χ3n) is 3.88. The number of anilines is 1. The van der Waals surface area contributed by atoms with Gasteiger partial charge in [0.05, 0.1) is 17.1 Å². The maximum atomic E-state index is 12.7. The molecule has 3 rings (SSSR count). The predicted molar refractivity (Wildman–Crippen MR) is 90.8 cm³/mol. The fourth-order valence-electron chi connectivity index (χ4n) is 2.57. The highest BCUT2D eigenvalue weighted by atomic mass is 35.5. The number of hydrogen-bond acceptors (Lipinski definition) is 3. The van der Waals surface area contributed by atoms with Crippen LogP contribution in [0.1, 0.15) is 43.1 Å². The van der Waals surface area contributed by atoms with Crippen molar-refractivity contribution in [3.8, 4) is 5.75 Å². The Kier molecular flexibility index (Phi) is 5.09. The van der Waals surface area contributed by atoms with E-state index in [4.69, 9.17) is 14.3 Å². The summed E-state index contributed by atoms with van der Waals surface area (Å²) in [4.78, 5) is 12.6. The summed E-state index contributed by atoms with van der Waals surface area (Å²) in [5.74, 6) is -3.65. The van der Waals surface area contributed by atoms with E-state index in [1.165, 1.54) is 12.3 Å². The van der Waals surface area contributed by atoms with E-state index in [1.807, 2.05) is 0 Å². The van der Waals surface area contributed by atoms with Gasteiger partial charge in [-0.2, -0.15) is 13.9 Å². The minimum atomic E-state index is -3.23. The van der Waals surface area contributed by atoms with Gasteiger partial charge in [-0.15, -0.1) is 11.6 Å². The highest BCUT2D eigenvalue weighted by Gasteiger charge is 2.32. The van der Waals surface area contributed by atoms with Gasteiger partial charge in [-0.05, 0) is 18.9 Å². The molecule has 1 fully saturated rings. The SMILES string of the molecule is [2H]C([2H])(Cl)c1ccc(NC(=O)c2cn(CC(F)F)nc2C2CC2)cc1OC(F)F. The van der Waals surface area contributed by atoms with Crippen molar-refractivity contribution in [2.45, 2.75) is 44.2 Å². The van der Waals surface area contributed by atoms with Crippen molar-refractivity contribution < 1.29 is 29.8 Å². The molecule has 1 aromatic heterocycles. The highest BCUT2D eigenvalue weighted by molar-refractivity contribution is 6.17. The number of hydrogen-bond donors (Lipinski definition) is 1. The van der Waals surface area contributed by atoms with E-state index in [9.17, 15) is 22.4 Å². The lowest BCUT2D eigenvalue weighted by Gasteiger charge is -2.12. The summed E-state index contributed by atoms with van der Waals surface area (Å²) in [5.41, 5.74) is 0.224. The molecule has 5 nitrogen and oxygen atoms in total. The molecule has 1 amide bonds. The first-order valence-electron chi connectivity index (χ1n) is 8.99. The van der Waals surface area contributed by atoms with E-state index in [0.29, 0.717) is 5.69 Å². The molecule has 1 aliphatic carbocycles. The fraction of sp³-hybridized carbons (Fsp3) is 0.412. The lowest BCUT2D eigenvalue weighted by atomic mass is 10.1. The molecule has 2 aromatic rings. The van der Waals surface area contributed by atoms with E-state index < -0.39 is 37.1 Å².